The zero-order chi connectivity index (χ0) is 18.8. The van der Waals surface area contributed by atoms with Gasteiger partial charge in [-0.25, -0.2) is 0 Å². The highest BCUT2D eigenvalue weighted by Gasteiger charge is 2.26. The lowest BCUT2D eigenvalue weighted by Gasteiger charge is -2.19. The molecule has 0 aromatic heterocycles. The summed E-state index contributed by atoms with van der Waals surface area (Å²) < 4.78 is 21.8. The molecule has 3 rings (SSSR count). The summed E-state index contributed by atoms with van der Waals surface area (Å²) in [5, 5.41) is 8.44. The molecule has 0 saturated heterocycles. The minimum atomic E-state index is -0.263. The van der Waals surface area contributed by atoms with Crippen molar-refractivity contribution in [3.8, 4) is 34.1 Å². The standard InChI is InChI=1S/C20H21NO5/c1-23-16-8-6-12-13(10-15(16)22)14(21)7-5-11-9-17(24-2)19(25-3)20(26-4)18(11)12/h6,8-10,21H,5,7H2,1-4H3. The first kappa shape index (κ1) is 17.8. The predicted molar refractivity (Wildman–Crippen MR) is 99.5 cm³/mol. The Bertz CT molecular complexity index is 936. The SMILES string of the molecule is COc1cc2c(c(OC)c1OC)-c1ccc(OC)c(=O)cc1C(=N)CC2. The summed E-state index contributed by atoms with van der Waals surface area (Å²) in [5.41, 5.74) is 3.22. The third-order valence-electron chi connectivity index (χ3n) is 4.58. The summed E-state index contributed by atoms with van der Waals surface area (Å²) in [6.07, 6.45) is 1.14. The van der Waals surface area contributed by atoms with Gasteiger partial charge >= 0.3 is 0 Å². The lowest BCUT2D eigenvalue weighted by molar-refractivity contribution is 0.324. The van der Waals surface area contributed by atoms with Crippen molar-refractivity contribution in [2.75, 3.05) is 28.4 Å². The predicted octanol–water partition coefficient (Wildman–Crippen LogP) is 3.06. The first-order chi connectivity index (χ1) is 12.5. The van der Waals surface area contributed by atoms with Crippen molar-refractivity contribution >= 4 is 5.71 Å². The Balaban J connectivity index is 2.45. The van der Waals surface area contributed by atoms with Crippen molar-refractivity contribution in [3.63, 3.8) is 0 Å². The van der Waals surface area contributed by atoms with Gasteiger partial charge in [0, 0.05) is 16.8 Å². The second-order valence-corrected chi connectivity index (χ2v) is 5.90. The van der Waals surface area contributed by atoms with Crippen molar-refractivity contribution in [1.82, 2.24) is 0 Å². The van der Waals surface area contributed by atoms with Gasteiger partial charge in [-0.15, -0.1) is 0 Å². The zero-order valence-corrected chi connectivity index (χ0v) is 15.3. The fourth-order valence-electron chi connectivity index (χ4n) is 3.34. The molecule has 1 aliphatic rings. The van der Waals surface area contributed by atoms with E-state index in [2.05, 4.69) is 0 Å². The number of hydrogen-bond donors (Lipinski definition) is 1. The van der Waals surface area contributed by atoms with Crippen LogP contribution in [0.3, 0.4) is 0 Å². The molecular weight excluding hydrogens is 334 g/mol. The summed E-state index contributed by atoms with van der Waals surface area (Å²) in [7, 11) is 6.15. The lowest BCUT2D eigenvalue weighted by atomic mass is 9.96. The number of rotatable bonds is 4. The molecule has 0 heterocycles. The Labute approximate surface area is 151 Å². The maximum absolute atomic E-state index is 12.4. The van der Waals surface area contributed by atoms with E-state index in [1.54, 1.807) is 33.5 Å². The van der Waals surface area contributed by atoms with Crippen LogP contribution in [0.4, 0.5) is 0 Å². The topological polar surface area (TPSA) is 77.8 Å². The molecule has 0 unspecified atom stereocenters. The Hall–Kier alpha value is -3.02. The van der Waals surface area contributed by atoms with E-state index in [0.717, 1.165) is 16.7 Å². The molecule has 1 aliphatic carbocycles. The third-order valence-corrected chi connectivity index (χ3v) is 4.58. The number of benzene rings is 1. The van der Waals surface area contributed by atoms with Crippen molar-refractivity contribution in [3.05, 3.63) is 45.6 Å². The lowest BCUT2D eigenvalue weighted by Crippen LogP contribution is -2.05. The molecule has 6 heteroatoms. The van der Waals surface area contributed by atoms with Gasteiger partial charge in [0.25, 0.3) is 0 Å². The summed E-state index contributed by atoms with van der Waals surface area (Å²) >= 11 is 0. The molecule has 0 spiro atoms. The van der Waals surface area contributed by atoms with Crippen LogP contribution in [0.15, 0.2) is 29.1 Å². The first-order valence-corrected chi connectivity index (χ1v) is 8.18. The second kappa shape index (κ2) is 7.07. The van der Waals surface area contributed by atoms with E-state index in [1.807, 2.05) is 6.07 Å². The van der Waals surface area contributed by atoms with Crippen molar-refractivity contribution in [2.24, 2.45) is 0 Å². The number of hydrogen-bond acceptors (Lipinski definition) is 6. The van der Waals surface area contributed by atoms with E-state index in [4.69, 9.17) is 24.4 Å². The van der Waals surface area contributed by atoms with Gasteiger partial charge in [0.15, 0.2) is 17.2 Å². The van der Waals surface area contributed by atoms with Crippen LogP contribution in [0.2, 0.25) is 0 Å². The highest BCUT2D eigenvalue weighted by Crippen LogP contribution is 2.48. The molecule has 0 fully saturated rings. The Kier molecular flexibility index (Phi) is 4.84. The number of aryl methyl sites for hydroxylation is 1. The zero-order valence-electron chi connectivity index (χ0n) is 15.3. The number of fused-ring (bicyclic) bond motifs is 3. The van der Waals surface area contributed by atoms with Crippen LogP contribution in [-0.4, -0.2) is 34.2 Å². The van der Waals surface area contributed by atoms with Crippen LogP contribution in [0.25, 0.3) is 11.1 Å². The first-order valence-electron chi connectivity index (χ1n) is 8.18. The molecule has 2 aromatic rings. The fourth-order valence-corrected chi connectivity index (χ4v) is 3.34. The molecule has 0 bridgehead atoms. The van der Waals surface area contributed by atoms with E-state index in [-0.39, 0.29) is 11.2 Å². The van der Waals surface area contributed by atoms with E-state index in [1.165, 1.54) is 13.2 Å². The summed E-state index contributed by atoms with van der Waals surface area (Å²) in [6, 6.07) is 6.78. The van der Waals surface area contributed by atoms with Gasteiger partial charge in [-0.05, 0) is 48.2 Å². The van der Waals surface area contributed by atoms with Crippen LogP contribution in [-0.2, 0) is 6.42 Å². The largest absolute Gasteiger partial charge is 0.493 e. The average Bonchev–Trinajstić information content (AvgIpc) is 2.89. The maximum atomic E-state index is 12.4. The highest BCUT2D eigenvalue weighted by molar-refractivity contribution is 6.06. The molecule has 0 radical (unpaired) electrons. The minimum Gasteiger partial charge on any atom is -0.493 e. The normalized spacial score (nSPS) is 12.5. The summed E-state index contributed by atoms with van der Waals surface area (Å²) in [5.74, 6) is 1.80. The third kappa shape index (κ3) is 2.77. The van der Waals surface area contributed by atoms with Gasteiger partial charge in [0.2, 0.25) is 11.2 Å². The van der Waals surface area contributed by atoms with Crippen LogP contribution in [0, 0.1) is 5.41 Å². The van der Waals surface area contributed by atoms with Crippen LogP contribution >= 0.6 is 0 Å². The maximum Gasteiger partial charge on any atom is 0.221 e. The fraction of sp³-hybridized carbons (Fsp3) is 0.300. The Morgan fingerprint density at radius 1 is 0.808 bits per heavy atom. The van der Waals surface area contributed by atoms with E-state index >= 15 is 0 Å². The van der Waals surface area contributed by atoms with Gasteiger partial charge in [-0.3, -0.25) is 4.79 Å². The Morgan fingerprint density at radius 2 is 1.50 bits per heavy atom. The van der Waals surface area contributed by atoms with Crippen molar-refractivity contribution in [1.29, 1.82) is 5.41 Å². The number of ether oxygens (including phenoxy) is 4. The summed E-state index contributed by atoms with van der Waals surface area (Å²) in [4.78, 5) is 12.4. The molecule has 0 aliphatic heterocycles. The van der Waals surface area contributed by atoms with Crippen molar-refractivity contribution < 1.29 is 18.9 Å². The van der Waals surface area contributed by atoms with Gasteiger partial charge in [-0.2, -0.15) is 0 Å². The molecule has 1 N–H and O–H groups in total. The molecule has 0 saturated carbocycles. The van der Waals surface area contributed by atoms with Crippen LogP contribution < -0.4 is 24.4 Å². The van der Waals surface area contributed by atoms with E-state index in [9.17, 15) is 4.79 Å². The van der Waals surface area contributed by atoms with Gasteiger partial charge < -0.3 is 24.4 Å². The highest BCUT2D eigenvalue weighted by atomic mass is 16.5. The van der Waals surface area contributed by atoms with E-state index in [0.29, 0.717) is 41.4 Å². The monoisotopic (exact) mass is 355 g/mol. The van der Waals surface area contributed by atoms with Crippen LogP contribution in [0.1, 0.15) is 17.5 Å². The smallest absolute Gasteiger partial charge is 0.221 e. The number of nitrogens with one attached hydrogen (secondary N) is 1. The Morgan fingerprint density at radius 3 is 2.12 bits per heavy atom. The molecule has 0 atom stereocenters. The summed E-state index contributed by atoms with van der Waals surface area (Å²) in [6.45, 7) is 0. The van der Waals surface area contributed by atoms with Crippen molar-refractivity contribution in [2.45, 2.75) is 12.8 Å². The average molecular weight is 355 g/mol. The second-order valence-electron chi connectivity index (χ2n) is 5.90. The quantitative estimate of drug-likeness (QED) is 0.912. The molecule has 6 nitrogen and oxygen atoms in total. The molecule has 2 aromatic carbocycles. The number of methoxy groups -OCH3 is 4. The molecule has 136 valence electrons. The molecule has 0 amide bonds. The van der Waals surface area contributed by atoms with Crippen LogP contribution in [0.5, 0.6) is 23.0 Å². The molecule has 26 heavy (non-hydrogen) atoms. The van der Waals surface area contributed by atoms with Gasteiger partial charge in [-0.1, -0.05) is 0 Å². The minimum absolute atomic E-state index is 0.229. The van der Waals surface area contributed by atoms with Gasteiger partial charge in [0.05, 0.1) is 28.4 Å². The van der Waals surface area contributed by atoms with E-state index < -0.39 is 0 Å². The van der Waals surface area contributed by atoms with Gasteiger partial charge in [0.1, 0.15) is 0 Å². The molecular formula is C20H21NO5.